The monoisotopic (exact) mass is 251 g/mol. The first-order valence-electron chi connectivity index (χ1n) is 5.88. The quantitative estimate of drug-likeness (QED) is 0.825. The molecule has 0 aliphatic heterocycles. The molecule has 0 N–H and O–H groups in total. The van der Waals surface area contributed by atoms with E-state index in [4.69, 9.17) is 9.47 Å². The number of carbonyl (C=O) groups excluding carboxylic acids is 1. The van der Waals surface area contributed by atoms with Gasteiger partial charge in [-0.15, -0.1) is 0 Å². The molecule has 0 spiro atoms. The zero-order chi connectivity index (χ0) is 13.8. The molecule has 1 aromatic rings. The highest BCUT2D eigenvalue weighted by Gasteiger charge is 2.16. The first-order valence-corrected chi connectivity index (χ1v) is 5.88. The zero-order valence-corrected chi connectivity index (χ0v) is 11.7. The minimum absolute atomic E-state index is 0.0667. The molecule has 0 unspecified atom stereocenters. The summed E-state index contributed by atoms with van der Waals surface area (Å²) in [6.45, 7) is 5.83. The maximum Gasteiger partial charge on any atom is 0.252 e. The SMILES string of the molecule is COc1cccc(N(C)C(=O)COC(C)(C)C)c1. The topological polar surface area (TPSA) is 38.8 Å². The molecule has 0 saturated heterocycles. The molecule has 0 atom stereocenters. The van der Waals surface area contributed by atoms with Gasteiger partial charge in [0.05, 0.1) is 12.7 Å². The van der Waals surface area contributed by atoms with Crippen LogP contribution in [-0.4, -0.2) is 32.3 Å². The lowest BCUT2D eigenvalue weighted by Gasteiger charge is -2.22. The molecule has 1 aromatic carbocycles. The van der Waals surface area contributed by atoms with Crippen LogP contribution in [0.15, 0.2) is 24.3 Å². The van der Waals surface area contributed by atoms with Gasteiger partial charge >= 0.3 is 0 Å². The normalized spacial score (nSPS) is 11.2. The van der Waals surface area contributed by atoms with Crippen LogP contribution >= 0.6 is 0 Å². The molecular formula is C14H21NO3. The second-order valence-electron chi connectivity index (χ2n) is 5.06. The molecule has 1 rings (SSSR count). The van der Waals surface area contributed by atoms with Crippen molar-refractivity contribution in [2.24, 2.45) is 0 Å². The van der Waals surface area contributed by atoms with Gasteiger partial charge in [0.25, 0.3) is 5.91 Å². The van der Waals surface area contributed by atoms with Crippen molar-refractivity contribution in [1.29, 1.82) is 0 Å². The molecule has 4 nitrogen and oxygen atoms in total. The number of benzene rings is 1. The number of nitrogens with zero attached hydrogens (tertiary/aromatic N) is 1. The number of hydrogen-bond donors (Lipinski definition) is 0. The Hall–Kier alpha value is -1.55. The minimum atomic E-state index is -0.315. The maximum absolute atomic E-state index is 11.9. The van der Waals surface area contributed by atoms with Crippen molar-refractivity contribution in [2.45, 2.75) is 26.4 Å². The van der Waals surface area contributed by atoms with Gasteiger partial charge in [-0.25, -0.2) is 0 Å². The fourth-order valence-corrected chi connectivity index (χ4v) is 1.34. The van der Waals surface area contributed by atoms with Gasteiger partial charge in [-0.05, 0) is 32.9 Å². The Labute approximate surface area is 108 Å². The van der Waals surface area contributed by atoms with E-state index in [1.54, 1.807) is 19.1 Å². The Morgan fingerprint density at radius 3 is 2.56 bits per heavy atom. The highest BCUT2D eigenvalue weighted by molar-refractivity contribution is 5.93. The minimum Gasteiger partial charge on any atom is -0.497 e. The molecule has 1 amide bonds. The van der Waals surface area contributed by atoms with Crippen LogP contribution in [0.4, 0.5) is 5.69 Å². The Kier molecular flexibility index (Phi) is 4.73. The van der Waals surface area contributed by atoms with Crippen LogP contribution in [0.5, 0.6) is 5.75 Å². The summed E-state index contributed by atoms with van der Waals surface area (Å²) >= 11 is 0. The number of rotatable bonds is 4. The summed E-state index contributed by atoms with van der Waals surface area (Å²) in [5.74, 6) is 0.641. The molecule has 0 aliphatic rings. The number of ether oxygens (including phenoxy) is 2. The highest BCUT2D eigenvalue weighted by Crippen LogP contribution is 2.20. The molecule has 0 radical (unpaired) electrons. The van der Waals surface area contributed by atoms with E-state index in [2.05, 4.69) is 0 Å². The smallest absolute Gasteiger partial charge is 0.252 e. The van der Waals surface area contributed by atoms with Crippen LogP contribution in [0.2, 0.25) is 0 Å². The Bertz CT molecular complexity index is 410. The molecule has 0 bridgehead atoms. The molecule has 0 aliphatic carbocycles. The first kappa shape index (κ1) is 14.5. The van der Waals surface area contributed by atoms with Crippen molar-refractivity contribution >= 4 is 11.6 Å². The van der Waals surface area contributed by atoms with Crippen molar-refractivity contribution in [1.82, 2.24) is 0 Å². The van der Waals surface area contributed by atoms with Gasteiger partial charge in [0, 0.05) is 18.8 Å². The van der Waals surface area contributed by atoms with Gasteiger partial charge in [0.2, 0.25) is 0 Å². The zero-order valence-electron chi connectivity index (χ0n) is 11.7. The molecule has 0 saturated carbocycles. The van der Waals surface area contributed by atoms with E-state index in [1.807, 2.05) is 45.0 Å². The number of hydrogen-bond acceptors (Lipinski definition) is 3. The maximum atomic E-state index is 11.9. The highest BCUT2D eigenvalue weighted by atomic mass is 16.5. The Balaban J connectivity index is 2.68. The predicted octanol–water partition coefficient (Wildman–Crippen LogP) is 2.47. The summed E-state index contributed by atoms with van der Waals surface area (Å²) in [5.41, 5.74) is 0.474. The summed E-state index contributed by atoms with van der Waals surface area (Å²) in [5, 5.41) is 0. The van der Waals surface area contributed by atoms with Crippen LogP contribution < -0.4 is 9.64 Å². The molecule has 100 valence electrons. The van der Waals surface area contributed by atoms with Crippen molar-refractivity contribution in [3.8, 4) is 5.75 Å². The van der Waals surface area contributed by atoms with Gasteiger partial charge in [-0.3, -0.25) is 4.79 Å². The van der Waals surface area contributed by atoms with Crippen molar-refractivity contribution in [3.05, 3.63) is 24.3 Å². The first-order chi connectivity index (χ1) is 8.33. The lowest BCUT2D eigenvalue weighted by molar-refractivity contribution is -0.127. The average Bonchev–Trinajstić information content (AvgIpc) is 2.34. The van der Waals surface area contributed by atoms with Crippen molar-refractivity contribution in [3.63, 3.8) is 0 Å². The van der Waals surface area contributed by atoms with Gasteiger partial charge in [-0.1, -0.05) is 6.07 Å². The average molecular weight is 251 g/mol. The predicted molar refractivity (Wildman–Crippen MR) is 72.1 cm³/mol. The van der Waals surface area contributed by atoms with E-state index in [1.165, 1.54) is 0 Å². The van der Waals surface area contributed by atoms with E-state index >= 15 is 0 Å². The lowest BCUT2D eigenvalue weighted by atomic mass is 10.2. The van der Waals surface area contributed by atoms with Gasteiger partial charge < -0.3 is 14.4 Å². The largest absolute Gasteiger partial charge is 0.497 e. The third kappa shape index (κ3) is 4.37. The van der Waals surface area contributed by atoms with Crippen LogP contribution in [0.1, 0.15) is 20.8 Å². The Morgan fingerprint density at radius 1 is 1.33 bits per heavy atom. The van der Waals surface area contributed by atoms with Gasteiger partial charge in [0.15, 0.2) is 0 Å². The van der Waals surface area contributed by atoms with Gasteiger partial charge in [-0.2, -0.15) is 0 Å². The second kappa shape index (κ2) is 5.87. The van der Waals surface area contributed by atoms with Crippen LogP contribution in [0.3, 0.4) is 0 Å². The van der Waals surface area contributed by atoms with Crippen LogP contribution in [-0.2, 0) is 9.53 Å². The van der Waals surface area contributed by atoms with Crippen molar-refractivity contribution in [2.75, 3.05) is 25.7 Å². The summed E-state index contributed by atoms with van der Waals surface area (Å²) in [7, 11) is 3.33. The van der Waals surface area contributed by atoms with Crippen LogP contribution in [0, 0.1) is 0 Å². The fourth-order valence-electron chi connectivity index (χ4n) is 1.34. The fraction of sp³-hybridized carbons (Fsp3) is 0.500. The summed E-state index contributed by atoms with van der Waals surface area (Å²) in [6, 6.07) is 7.36. The molecule has 0 heterocycles. The lowest BCUT2D eigenvalue weighted by Crippen LogP contribution is -2.33. The van der Waals surface area contributed by atoms with Crippen molar-refractivity contribution < 1.29 is 14.3 Å². The third-order valence-corrected chi connectivity index (χ3v) is 2.44. The van der Waals surface area contributed by atoms with E-state index in [0.717, 1.165) is 11.4 Å². The number of likely N-dealkylation sites (N-methyl/N-ethyl adjacent to an activating group) is 1. The van der Waals surface area contributed by atoms with Crippen LogP contribution in [0.25, 0.3) is 0 Å². The third-order valence-electron chi connectivity index (χ3n) is 2.44. The Morgan fingerprint density at radius 2 is 2.00 bits per heavy atom. The standard InChI is InChI=1S/C14H21NO3/c1-14(2,3)18-10-13(16)15(4)11-7-6-8-12(9-11)17-5/h6-9H,10H2,1-5H3. The van der Waals surface area contributed by atoms with E-state index in [9.17, 15) is 4.79 Å². The molecule has 4 heteroatoms. The number of amides is 1. The summed E-state index contributed by atoms with van der Waals surface area (Å²) < 4.78 is 10.6. The molecule has 0 aromatic heterocycles. The van der Waals surface area contributed by atoms with E-state index < -0.39 is 0 Å². The number of carbonyl (C=O) groups is 1. The summed E-state index contributed by atoms with van der Waals surface area (Å²) in [4.78, 5) is 13.5. The molecular weight excluding hydrogens is 230 g/mol. The molecule has 0 fully saturated rings. The van der Waals surface area contributed by atoms with E-state index in [-0.39, 0.29) is 18.1 Å². The van der Waals surface area contributed by atoms with Gasteiger partial charge in [0.1, 0.15) is 12.4 Å². The molecule has 18 heavy (non-hydrogen) atoms. The second-order valence-corrected chi connectivity index (χ2v) is 5.06. The number of anilines is 1. The number of methoxy groups -OCH3 is 1. The van der Waals surface area contributed by atoms with E-state index in [0.29, 0.717) is 0 Å². The summed E-state index contributed by atoms with van der Waals surface area (Å²) in [6.07, 6.45) is 0.